The Hall–Kier alpha value is -0.450. The fraction of sp³-hybridized carbons (Fsp3) is 0.400. The van der Waals surface area contributed by atoms with Crippen LogP contribution in [0, 0.1) is 5.82 Å². The number of nitrogens with zero attached hydrogens (tertiary/aromatic N) is 1. The normalized spacial score (nSPS) is 10.9. The van der Waals surface area contributed by atoms with Gasteiger partial charge in [0.25, 0.3) is 0 Å². The van der Waals surface area contributed by atoms with E-state index in [0.29, 0.717) is 12.1 Å². The molecule has 1 aromatic carbocycles. The van der Waals surface area contributed by atoms with Crippen LogP contribution in [0.1, 0.15) is 5.56 Å². The Bertz CT molecular complexity index is 304. The Balaban J connectivity index is 2.70. The van der Waals surface area contributed by atoms with E-state index in [1.165, 1.54) is 6.07 Å². The molecule has 0 atom stereocenters. The van der Waals surface area contributed by atoms with E-state index in [9.17, 15) is 4.39 Å². The molecule has 0 saturated heterocycles. The van der Waals surface area contributed by atoms with Gasteiger partial charge in [-0.3, -0.25) is 4.90 Å². The summed E-state index contributed by atoms with van der Waals surface area (Å²) >= 11 is 3.32. The second-order valence-corrected chi connectivity index (χ2v) is 4.18. The number of benzene rings is 1. The summed E-state index contributed by atoms with van der Waals surface area (Å²) in [6.07, 6.45) is 0. The fourth-order valence-corrected chi connectivity index (χ4v) is 1.69. The summed E-state index contributed by atoms with van der Waals surface area (Å²) in [7, 11) is 3.81. The Morgan fingerprint density at radius 2 is 2.21 bits per heavy atom. The fourth-order valence-electron chi connectivity index (χ4n) is 1.28. The lowest BCUT2D eigenvalue weighted by molar-refractivity contribution is 0.305. The van der Waals surface area contributed by atoms with Gasteiger partial charge in [0.15, 0.2) is 0 Å². The quantitative estimate of drug-likeness (QED) is 0.836. The summed E-state index contributed by atoms with van der Waals surface area (Å²) in [4.78, 5) is 2.00. The van der Waals surface area contributed by atoms with E-state index in [-0.39, 0.29) is 5.82 Å². The van der Waals surface area contributed by atoms with Gasteiger partial charge in [-0.2, -0.15) is 0 Å². The molecule has 0 radical (unpaired) electrons. The van der Waals surface area contributed by atoms with Gasteiger partial charge in [0.1, 0.15) is 5.82 Å². The van der Waals surface area contributed by atoms with Gasteiger partial charge in [-0.15, -0.1) is 0 Å². The van der Waals surface area contributed by atoms with Crippen LogP contribution in [0.3, 0.4) is 0 Å². The van der Waals surface area contributed by atoms with E-state index in [0.717, 1.165) is 11.1 Å². The first kappa shape index (κ1) is 11.6. The number of rotatable bonds is 4. The van der Waals surface area contributed by atoms with Gasteiger partial charge in [0, 0.05) is 23.2 Å². The molecule has 0 aromatic heterocycles. The highest BCUT2D eigenvalue weighted by Crippen LogP contribution is 2.16. The molecule has 0 amide bonds. The molecule has 1 rings (SSSR count). The van der Waals surface area contributed by atoms with Gasteiger partial charge in [-0.05, 0) is 32.3 Å². The molecule has 14 heavy (non-hydrogen) atoms. The van der Waals surface area contributed by atoms with Gasteiger partial charge >= 0.3 is 0 Å². The highest BCUT2D eigenvalue weighted by Gasteiger charge is 2.05. The van der Waals surface area contributed by atoms with E-state index in [1.54, 1.807) is 6.07 Å². The highest BCUT2D eigenvalue weighted by molar-refractivity contribution is 9.10. The summed E-state index contributed by atoms with van der Waals surface area (Å²) in [5.74, 6) is -0.156. The predicted octanol–water partition coefficient (Wildman–Crippen LogP) is 2.20. The van der Waals surface area contributed by atoms with E-state index in [4.69, 9.17) is 0 Å². The van der Waals surface area contributed by atoms with Crippen LogP contribution in [0.5, 0.6) is 0 Å². The zero-order chi connectivity index (χ0) is 10.6. The lowest BCUT2D eigenvalue weighted by Gasteiger charge is -2.16. The Labute approximate surface area is 92.2 Å². The molecule has 0 heterocycles. The zero-order valence-electron chi connectivity index (χ0n) is 8.35. The molecule has 4 heteroatoms. The Kier molecular flexibility index (Phi) is 4.51. The SMILES string of the molecule is CNCN(C)Cc1cc(Br)ccc1F. The molecule has 0 saturated carbocycles. The van der Waals surface area contributed by atoms with Crippen molar-refractivity contribution >= 4 is 15.9 Å². The van der Waals surface area contributed by atoms with E-state index < -0.39 is 0 Å². The van der Waals surface area contributed by atoms with Crippen molar-refractivity contribution in [2.45, 2.75) is 6.54 Å². The molecule has 0 bridgehead atoms. The summed E-state index contributed by atoms with van der Waals surface area (Å²) in [5, 5.41) is 3.01. The maximum atomic E-state index is 13.3. The average Bonchev–Trinajstić information content (AvgIpc) is 2.12. The van der Waals surface area contributed by atoms with Crippen molar-refractivity contribution in [1.29, 1.82) is 0 Å². The third-order valence-electron chi connectivity index (χ3n) is 1.88. The van der Waals surface area contributed by atoms with Gasteiger partial charge in [-0.25, -0.2) is 4.39 Å². The molecular formula is C10H14BrFN2. The molecule has 1 N–H and O–H groups in total. The van der Waals surface area contributed by atoms with Crippen molar-refractivity contribution in [3.8, 4) is 0 Å². The molecule has 0 aliphatic rings. The molecule has 0 aliphatic carbocycles. The first-order valence-electron chi connectivity index (χ1n) is 4.40. The van der Waals surface area contributed by atoms with Gasteiger partial charge in [0.2, 0.25) is 0 Å². The van der Waals surface area contributed by atoms with Crippen LogP contribution in [0.4, 0.5) is 4.39 Å². The summed E-state index contributed by atoms with van der Waals surface area (Å²) in [6.45, 7) is 1.35. The molecular weight excluding hydrogens is 247 g/mol. The average molecular weight is 261 g/mol. The molecule has 2 nitrogen and oxygen atoms in total. The molecule has 0 fully saturated rings. The van der Waals surface area contributed by atoms with E-state index in [2.05, 4.69) is 21.2 Å². The maximum Gasteiger partial charge on any atom is 0.127 e. The van der Waals surface area contributed by atoms with Crippen LogP contribution >= 0.6 is 15.9 Å². The van der Waals surface area contributed by atoms with Crippen molar-refractivity contribution < 1.29 is 4.39 Å². The van der Waals surface area contributed by atoms with Gasteiger partial charge < -0.3 is 5.32 Å². The number of hydrogen-bond donors (Lipinski definition) is 1. The third-order valence-corrected chi connectivity index (χ3v) is 2.37. The first-order chi connectivity index (χ1) is 6.63. The van der Waals surface area contributed by atoms with Crippen LogP contribution in [-0.2, 0) is 6.54 Å². The second-order valence-electron chi connectivity index (χ2n) is 3.26. The largest absolute Gasteiger partial charge is 0.307 e. The predicted molar refractivity (Wildman–Crippen MR) is 59.5 cm³/mol. The van der Waals surface area contributed by atoms with Crippen LogP contribution in [0.25, 0.3) is 0 Å². The number of halogens is 2. The highest BCUT2D eigenvalue weighted by atomic mass is 79.9. The van der Waals surface area contributed by atoms with Crippen LogP contribution < -0.4 is 5.32 Å². The Morgan fingerprint density at radius 1 is 1.50 bits per heavy atom. The van der Waals surface area contributed by atoms with Crippen LogP contribution in [-0.4, -0.2) is 25.7 Å². The standard InChI is InChI=1S/C10H14BrFN2/c1-13-7-14(2)6-8-5-9(11)3-4-10(8)12/h3-5,13H,6-7H2,1-2H3. The smallest absolute Gasteiger partial charge is 0.127 e. The lowest BCUT2D eigenvalue weighted by atomic mass is 10.2. The minimum atomic E-state index is -0.156. The van der Waals surface area contributed by atoms with Crippen molar-refractivity contribution in [1.82, 2.24) is 10.2 Å². The number of hydrogen-bond acceptors (Lipinski definition) is 2. The van der Waals surface area contributed by atoms with Gasteiger partial charge in [-0.1, -0.05) is 15.9 Å². The monoisotopic (exact) mass is 260 g/mol. The van der Waals surface area contributed by atoms with Crippen LogP contribution in [0.2, 0.25) is 0 Å². The third kappa shape index (κ3) is 3.36. The molecule has 1 aromatic rings. The van der Waals surface area contributed by atoms with Crippen molar-refractivity contribution in [3.05, 3.63) is 34.1 Å². The maximum absolute atomic E-state index is 13.3. The molecule has 0 spiro atoms. The summed E-state index contributed by atoms with van der Waals surface area (Å²) in [5.41, 5.74) is 0.706. The minimum Gasteiger partial charge on any atom is -0.307 e. The second kappa shape index (κ2) is 5.44. The van der Waals surface area contributed by atoms with Crippen LogP contribution in [0.15, 0.2) is 22.7 Å². The van der Waals surface area contributed by atoms with Crippen molar-refractivity contribution in [2.24, 2.45) is 0 Å². The molecule has 0 aliphatic heterocycles. The molecule has 0 unspecified atom stereocenters. The zero-order valence-corrected chi connectivity index (χ0v) is 9.94. The first-order valence-corrected chi connectivity index (χ1v) is 5.20. The molecule has 78 valence electrons. The lowest BCUT2D eigenvalue weighted by Crippen LogP contribution is -2.28. The van der Waals surface area contributed by atoms with Crippen molar-refractivity contribution in [3.63, 3.8) is 0 Å². The van der Waals surface area contributed by atoms with Gasteiger partial charge in [0.05, 0.1) is 0 Å². The minimum absolute atomic E-state index is 0.156. The summed E-state index contributed by atoms with van der Waals surface area (Å²) in [6, 6.07) is 4.99. The number of nitrogens with one attached hydrogen (secondary N) is 1. The van der Waals surface area contributed by atoms with Crippen molar-refractivity contribution in [2.75, 3.05) is 20.8 Å². The van der Waals surface area contributed by atoms with E-state index in [1.807, 2.05) is 25.1 Å². The topological polar surface area (TPSA) is 15.3 Å². The Morgan fingerprint density at radius 3 is 2.86 bits per heavy atom. The van der Waals surface area contributed by atoms with E-state index >= 15 is 0 Å². The summed E-state index contributed by atoms with van der Waals surface area (Å²) < 4.78 is 14.2.